The summed E-state index contributed by atoms with van der Waals surface area (Å²) < 4.78 is 32.1. The lowest BCUT2D eigenvalue weighted by Gasteiger charge is -2.26. The summed E-state index contributed by atoms with van der Waals surface area (Å²) in [5.74, 6) is -0.391. The van der Waals surface area contributed by atoms with Crippen LogP contribution in [0.1, 0.15) is 15.9 Å². The molecule has 138 valence electrons. The molecule has 1 amide bonds. The number of amides is 1. The Kier molecular flexibility index (Phi) is 5.57. The minimum Gasteiger partial charge on any atom is -0.379 e. The fourth-order valence-electron chi connectivity index (χ4n) is 2.54. The van der Waals surface area contributed by atoms with Crippen LogP contribution in [0, 0.1) is 6.92 Å². The monoisotopic (exact) mass is 395 g/mol. The molecule has 7 nitrogen and oxygen atoms in total. The van der Waals surface area contributed by atoms with E-state index < -0.39 is 15.9 Å². The van der Waals surface area contributed by atoms with Gasteiger partial charge in [0.05, 0.1) is 23.7 Å². The molecule has 0 aliphatic carbocycles. The maximum atomic E-state index is 12.8. The summed E-state index contributed by atoms with van der Waals surface area (Å²) in [5, 5.41) is 3.02. The second-order valence-electron chi connectivity index (χ2n) is 5.82. The Morgan fingerprint density at radius 3 is 2.62 bits per heavy atom. The molecule has 2 aromatic rings. The third kappa shape index (κ3) is 4.04. The van der Waals surface area contributed by atoms with E-state index in [-0.39, 0.29) is 10.0 Å². The van der Waals surface area contributed by atoms with Crippen LogP contribution in [0.15, 0.2) is 41.4 Å². The predicted molar refractivity (Wildman–Crippen MR) is 98.0 cm³/mol. The molecule has 1 aliphatic heterocycles. The van der Waals surface area contributed by atoms with Crippen molar-refractivity contribution in [3.05, 3.63) is 52.8 Å². The number of aromatic nitrogens is 1. The van der Waals surface area contributed by atoms with E-state index in [2.05, 4.69) is 10.3 Å². The zero-order chi connectivity index (χ0) is 18.7. The zero-order valence-corrected chi connectivity index (χ0v) is 15.7. The number of anilines is 1. The molecule has 1 aromatic carbocycles. The van der Waals surface area contributed by atoms with E-state index >= 15 is 0 Å². The highest BCUT2D eigenvalue weighted by atomic mass is 35.5. The molecule has 1 aromatic heterocycles. The number of aryl methyl sites for hydroxylation is 1. The summed E-state index contributed by atoms with van der Waals surface area (Å²) in [6.07, 6.45) is 1.36. The third-order valence-electron chi connectivity index (χ3n) is 4.05. The van der Waals surface area contributed by atoms with Gasteiger partial charge in [0.15, 0.2) is 0 Å². The lowest BCUT2D eigenvalue weighted by molar-refractivity contribution is 0.0730. The highest BCUT2D eigenvalue weighted by Gasteiger charge is 2.27. The molecule has 0 radical (unpaired) electrons. The average Bonchev–Trinajstić information content (AvgIpc) is 2.64. The Morgan fingerprint density at radius 2 is 1.96 bits per heavy atom. The van der Waals surface area contributed by atoms with Crippen molar-refractivity contribution in [3.8, 4) is 0 Å². The lowest BCUT2D eigenvalue weighted by Crippen LogP contribution is -2.40. The Morgan fingerprint density at radius 1 is 1.23 bits per heavy atom. The van der Waals surface area contributed by atoms with Crippen LogP contribution >= 0.6 is 11.6 Å². The number of nitrogens with one attached hydrogen (secondary N) is 1. The largest absolute Gasteiger partial charge is 0.379 e. The molecule has 1 N–H and O–H groups in total. The van der Waals surface area contributed by atoms with Crippen LogP contribution in [-0.2, 0) is 14.8 Å². The van der Waals surface area contributed by atoms with Crippen molar-refractivity contribution in [2.45, 2.75) is 11.8 Å². The second-order valence-corrected chi connectivity index (χ2v) is 8.14. The Balaban J connectivity index is 1.85. The first-order chi connectivity index (χ1) is 12.4. The summed E-state index contributed by atoms with van der Waals surface area (Å²) in [6.45, 7) is 3.17. The quantitative estimate of drug-likeness (QED) is 0.802. The van der Waals surface area contributed by atoms with E-state index in [1.54, 1.807) is 25.1 Å². The van der Waals surface area contributed by atoms with Gasteiger partial charge in [0.1, 0.15) is 5.15 Å². The van der Waals surface area contributed by atoms with E-state index in [0.717, 1.165) is 5.56 Å². The van der Waals surface area contributed by atoms with Crippen molar-refractivity contribution in [3.63, 3.8) is 0 Å². The molecular formula is C17H18ClN3O4S. The molecular weight excluding hydrogens is 378 g/mol. The minimum absolute atomic E-state index is 0.134. The van der Waals surface area contributed by atoms with Gasteiger partial charge in [-0.15, -0.1) is 0 Å². The highest BCUT2D eigenvalue weighted by molar-refractivity contribution is 7.89. The summed E-state index contributed by atoms with van der Waals surface area (Å²) in [5.41, 5.74) is 1.51. The molecule has 9 heteroatoms. The van der Waals surface area contributed by atoms with Crippen molar-refractivity contribution in [2.75, 3.05) is 31.6 Å². The molecule has 1 aliphatic rings. The van der Waals surface area contributed by atoms with E-state index in [1.807, 2.05) is 0 Å². The number of nitrogens with zero attached hydrogens (tertiary/aromatic N) is 2. The lowest BCUT2D eigenvalue weighted by atomic mass is 10.2. The second kappa shape index (κ2) is 7.71. The SMILES string of the molecule is Cc1ccc(S(=O)(=O)N2CCOCC2)cc1NC(=O)c1ccc(Cl)nc1. The summed E-state index contributed by atoms with van der Waals surface area (Å²) in [6, 6.07) is 7.75. The number of benzene rings is 1. The first kappa shape index (κ1) is 18.8. The van der Waals surface area contributed by atoms with Crippen molar-refractivity contribution >= 4 is 33.2 Å². The first-order valence-corrected chi connectivity index (χ1v) is 9.81. The van der Waals surface area contributed by atoms with E-state index in [4.69, 9.17) is 16.3 Å². The van der Waals surface area contributed by atoms with Gasteiger partial charge in [-0.05, 0) is 36.8 Å². The van der Waals surface area contributed by atoms with Gasteiger partial charge in [0.25, 0.3) is 5.91 Å². The average molecular weight is 396 g/mol. The van der Waals surface area contributed by atoms with Gasteiger partial charge < -0.3 is 10.1 Å². The standard InChI is InChI=1S/C17H18ClN3O4S/c1-12-2-4-14(26(23,24)21-6-8-25-9-7-21)10-15(12)20-17(22)13-3-5-16(18)19-11-13/h2-5,10-11H,6-9H2,1H3,(H,20,22). The summed E-state index contributed by atoms with van der Waals surface area (Å²) in [7, 11) is -3.64. The fraction of sp³-hybridized carbons (Fsp3) is 0.294. The van der Waals surface area contributed by atoms with Crippen LogP contribution < -0.4 is 5.32 Å². The Hall–Kier alpha value is -2.00. The number of hydrogen-bond acceptors (Lipinski definition) is 5. The van der Waals surface area contributed by atoms with Crippen molar-refractivity contribution in [1.82, 2.24) is 9.29 Å². The van der Waals surface area contributed by atoms with Crippen LogP contribution in [0.25, 0.3) is 0 Å². The number of carbonyl (C=O) groups is 1. The summed E-state index contributed by atoms with van der Waals surface area (Å²) >= 11 is 5.72. The molecule has 0 saturated carbocycles. The Labute approximate surface area is 157 Å². The predicted octanol–water partition coefficient (Wildman–Crippen LogP) is 2.32. The molecule has 2 heterocycles. The number of morpholine rings is 1. The molecule has 0 bridgehead atoms. The molecule has 0 atom stereocenters. The summed E-state index contributed by atoms with van der Waals surface area (Å²) in [4.78, 5) is 16.4. The van der Waals surface area contributed by atoms with E-state index in [1.165, 1.54) is 22.6 Å². The Bertz CT molecular complexity index is 910. The van der Waals surface area contributed by atoms with Gasteiger partial charge in [-0.1, -0.05) is 17.7 Å². The van der Waals surface area contributed by atoms with Crippen LogP contribution in [0.2, 0.25) is 5.15 Å². The third-order valence-corrected chi connectivity index (χ3v) is 6.17. The fourth-order valence-corrected chi connectivity index (χ4v) is 4.08. The number of pyridine rings is 1. The smallest absolute Gasteiger partial charge is 0.257 e. The number of ether oxygens (including phenoxy) is 1. The number of hydrogen-bond donors (Lipinski definition) is 1. The molecule has 26 heavy (non-hydrogen) atoms. The highest BCUT2D eigenvalue weighted by Crippen LogP contribution is 2.24. The van der Waals surface area contributed by atoms with E-state index in [9.17, 15) is 13.2 Å². The minimum atomic E-state index is -3.64. The van der Waals surface area contributed by atoms with E-state index in [0.29, 0.717) is 37.6 Å². The maximum Gasteiger partial charge on any atom is 0.257 e. The first-order valence-electron chi connectivity index (χ1n) is 7.99. The molecule has 3 rings (SSSR count). The molecule has 0 unspecified atom stereocenters. The number of sulfonamides is 1. The van der Waals surface area contributed by atoms with Crippen LogP contribution in [0.4, 0.5) is 5.69 Å². The van der Waals surface area contributed by atoms with Gasteiger partial charge >= 0.3 is 0 Å². The number of carbonyl (C=O) groups excluding carboxylic acids is 1. The van der Waals surface area contributed by atoms with Gasteiger partial charge in [-0.3, -0.25) is 4.79 Å². The normalized spacial score (nSPS) is 15.6. The zero-order valence-electron chi connectivity index (χ0n) is 14.1. The number of halogens is 1. The van der Waals surface area contributed by atoms with Crippen LogP contribution in [0.5, 0.6) is 0 Å². The molecule has 1 fully saturated rings. The van der Waals surface area contributed by atoms with Gasteiger partial charge in [0.2, 0.25) is 10.0 Å². The van der Waals surface area contributed by atoms with Crippen molar-refractivity contribution in [2.24, 2.45) is 0 Å². The van der Waals surface area contributed by atoms with Crippen LogP contribution in [-0.4, -0.2) is 49.9 Å². The van der Waals surface area contributed by atoms with Gasteiger partial charge in [0, 0.05) is 25.0 Å². The maximum absolute atomic E-state index is 12.8. The topological polar surface area (TPSA) is 88.6 Å². The molecule has 0 spiro atoms. The number of rotatable bonds is 4. The van der Waals surface area contributed by atoms with Gasteiger partial charge in [-0.25, -0.2) is 13.4 Å². The van der Waals surface area contributed by atoms with Gasteiger partial charge in [-0.2, -0.15) is 4.31 Å². The molecule has 1 saturated heterocycles. The van der Waals surface area contributed by atoms with Crippen molar-refractivity contribution in [1.29, 1.82) is 0 Å². The van der Waals surface area contributed by atoms with Crippen LogP contribution in [0.3, 0.4) is 0 Å². The van der Waals surface area contributed by atoms with Crippen molar-refractivity contribution < 1.29 is 17.9 Å².